The predicted octanol–water partition coefficient (Wildman–Crippen LogP) is 2.83. The van der Waals surface area contributed by atoms with Crippen molar-refractivity contribution in [3.8, 4) is 0 Å². The van der Waals surface area contributed by atoms with Crippen LogP contribution in [0.5, 0.6) is 0 Å². The van der Waals surface area contributed by atoms with E-state index in [0.29, 0.717) is 0 Å². The van der Waals surface area contributed by atoms with Crippen LogP contribution >= 0.6 is 0 Å². The fourth-order valence-corrected chi connectivity index (χ4v) is 3.81. The minimum Gasteiger partial charge on any atom is -0.347 e. The van der Waals surface area contributed by atoms with Crippen LogP contribution in [0, 0.1) is 6.07 Å². The molecule has 1 aromatic carbocycles. The van der Waals surface area contributed by atoms with Crippen LogP contribution in [0.15, 0.2) is 36.8 Å². The molecule has 3 rings (SSSR count). The first-order valence-electron chi connectivity index (χ1n) is 5.84. The second-order valence-corrected chi connectivity index (χ2v) is 10.4. The van der Waals surface area contributed by atoms with Crippen molar-refractivity contribution in [3.63, 3.8) is 0 Å². The minimum atomic E-state index is -1.36. The van der Waals surface area contributed by atoms with Crippen molar-refractivity contribution in [3.05, 3.63) is 42.9 Å². The van der Waals surface area contributed by atoms with Crippen LogP contribution in [0.2, 0.25) is 19.6 Å². The van der Waals surface area contributed by atoms with E-state index in [1.54, 1.807) is 0 Å². The van der Waals surface area contributed by atoms with Crippen molar-refractivity contribution >= 4 is 29.7 Å². The molecule has 0 amide bonds. The van der Waals surface area contributed by atoms with Gasteiger partial charge in [0.2, 0.25) is 0 Å². The van der Waals surface area contributed by atoms with E-state index in [1.807, 2.05) is 18.5 Å². The van der Waals surface area contributed by atoms with Crippen LogP contribution < -0.4 is 5.19 Å². The summed E-state index contributed by atoms with van der Waals surface area (Å²) in [7, 11) is -1.36. The Balaban J connectivity index is 0.00000120. The van der Waals surface area contributed by atoms with E-state index in [1.165, 1.54) is 10.6 Å². The molecule has 0 aliphatic rings. The van der Waals surface area contributed by atoms with Crippen molar-refractivity contribution < 1.29 is 20.1 Å². The monoisotopic (exact) mass is 432 g/mol. The Labute approximate surface area is 121 Å². The van der Waals surface area contributed by atoms with Gasteiger partial charge in [0.25, 0.3) is 0 Å². The summed E-state index contributed by atoms with van der Waals surface area (Å²) in [5.74, 6) is 0. The van der Waals surface area contributed by atoms with Gasteiger partial charge in [-0.3, -0.25) is 4.98 Å². The van der Waals surface area contributed by atoms with Gasteiger partial charge >= 0.3 is 0 Å². The summed E-state index contributed by atoms with van der Waals surface area (Å²) in [5, 5.41) is 3.91. The molecular formula is C14H15IrN2Si-. The van der Waals surface area contributed by atoms with Gasteiger partial charge < -0.3 is 4.40 Å². The van der Waals surface area contributed by atoms with E-state index in [0.717, 1.165) is 11.0 Å². The molecule has 0 aliphatic carbocycles. The summed E-state index contributed by atoms with van der Waals surface area (Å²) in [6, 6.07) is 9.54. The summed E-state index contributed by atoms with van der Waals surface area (Å²) in [6.45, 7) is 7.12. The Morgan fingerprint density at radius 1 is 1.28 bits per heavy atom. The van der Waals surface area contributed by atoms with E-state index in [4.69, 9.17) is 0 Å². The maximum atomic E-state index is 4.42. The van der Waals surface area contributed by atoms with Gasteiger partial charge in [-0.25, -0.2) is 0 Å². The Bertz CT molecular complexity index is 698. The second kappa shape index (κ2) is 4.61. The molecule has 18 heavy (non-hydrogen) atoms. The molecule has 1 radical (unpaired) electrons. The molecule has 0 unspecified atom stereocenters. The number of hydrogen-bond acceptors (Lipinski definition) is 1. The van der Waals surface area contributed by atoms with Crippen molar-refractivity contribution in [1.82, 2.24) is 9.38 Å². The van der Waals surface area contributed by atoms with E-state index >= 15 is 0 Å². The maximum Gasteiger partial charge on any atom is 0.0691 e. The van der Waals surface area contributed by atoms with Gasteiger partial charge in [0, 0.05) is 32.5 Å². The molecule has 0 saturated heterocycles. The van der Waals surface area contributed by atoms with E-state index in [9.17, 15) is 0 Å². The molecule has 2 nitrogen and oxygen atoms in total. The van der Waals surface area contributed by atoms with Crippen LogP contribution in [-0.2, 0) is 20.1 Å². The number of rotatable bonds is 1. The fourth-order valence-electron chi connectivity index (χ4n) is 2.26. The fraction of sp³-hybridized carbons (Fsp3) is 0.214. The zero-order chi connectivity index (χ0) is 12.0. The number of pyridine rings is 1. The Morgan fingerprint density at radius 2 is 2.06 bits per heavy atom. The molecule has 0 aliphatic heterocycles. The first-order chi connectivity index (χ1) is 8.07. The molecule has 0 N–H and O–H groups in total. The number of aromatic nitrogens is 2. The quantitative estimate of drug-likeness (QED) is 0.428. The molecule has 0 saturated carbocycles. The summed E-state index contributed by atoms with van der Waals surface area (Å²) < 4.78 is 2.12. The van der Waals surface area contributed by atoms with Crippen molar-refractivity contribution in [1.29, 1.82) is 0 Å². The number of imidazole rings is 1. The van der Waals surface area contributed by atoms with E-state index in [-0.39, 0.29) is 20.1 Å². The third-order valence-corrected chi connectivity index (χ3v) is 5.13. The predicted molar refractivity (Wildman–Crippen MR) is 74.5 cm³/mol. The van der Waals surface area contributed by atoms with Crippen LogP contribution in [0.3, 0.4) is 0 Å². The molecule has 2 heterocycles. The smallest absolute Gasteiger partial charge is 0.0691 e. The van der Waals surface area contributed by atoms with Gasteiger partial charge in [0.1, 0.15) is 0 Å². The maximum absolute atomic E-state index is 4.42. The zero-order valence-electron chi connectivity index (χ0n) is 10.7. The molecule has 0 bridgehead atoms. The first-order valence-corrected chi connectivity index (χ1v) is 9.34. The van der Waals surface area contributed by atoms with Crippen LogP contribution in [0.25, 0.3) is 16.4 Å². The van der Waals surface area contributed by atoms with Crippen molar-refractivity contribution in [2.45, 2.75) is 19.6 Å². The van der Waals surface area contributed by atoms with Gasteiger partial charge in [-0.1, -0.05) is 24.8 Å². The number of hydrogen-bond donors (Lipinski definition) is 0. The number of benzene rings is 1. The van der Waals surface area contributed by atoms with E-state index < -0.39 is 8.07 Å². The zero-order valence-corrected chi connectivity index (χ0v) is 14.1. The molecule has 0 atom stereocenters. The molecule has 3 aromatic rings. The topological polar surface area (TPSA) is 17.3 Å². The Hall–Kier alpha value is -0.964. The summed E-state index contributed by atoms with van der Waals surface area (Å²) >= 11 is 0. The summed E-state index contributed by atoms with van der Waals surface area (Å²) in [4.78, 5) is 4.42. The van der Waals surface area contributed by atoms with Gasteiger partial charge in [0.15, 0.2) is 0 Å². The molecule has 0 spiro atoms. The van der Waals surface area contributed by atoms with Gasteiger partial charge in [0.05, 0.1) is 13.7 Å². The van der Waals surface area contributed by atoms with Crippen LogP contribution in [-0.4, -0.2) is 17.5 Å². The van der Waals surface area contributed by atoms with Crippen LogP contribution in [0.4, 0.5) is 0 Å². The average Bonchev–Trinajstić information content (AvgIpc) is 2.74. The third-order valence-electron chi connectivity index (χ3n) is 3.11. The van der Waals surface area contributed by atoms with Gasteiger partial charge in [-0.15, -0.1) is 35.0 Å². The molecule has 95 valence electrons. The average molecular weight is 432 g/mol. The summed E-state index contributed by atoms with van der Waals surface area (Å²) in [5.41, 5.74) is 1.00. The van der Waals surface area contributed by atoms with Crippen LogP contribution in [0.1, 0.15) is 0 Å². The molecule has 2 aromatic heterocycles. The Kier molecular flexibility index (Phi) is 3.45. The van der Waals surface area contributed by atoms with Gasteiger partial charge in [-0.2, -0.15) is 0 Å². The molecule has 0 fully saturated rings. The third kappa shape index (κ3) is 2.05. The Morgan fingerprint density at radius 3 is 2.78 bits per heavy atom. The number of nitrogens with zero attached hydrogens (tertiary/aromatic N) is 2. The summed E-state index contributed by atoms with van der Waals surface area (Å²) in [6.07, 6.45) is 6.10. The minimum absolute atomic E-state index is 0. The second-order valence-electron chi connectivity index (χ2n) is 5.41. The van der Waals surface area contributed by atoms with Crippen molar-refractivity contribution in [2.75, 3.05) is 0 Å². The number of fused-ring (bicyclic) bond motifs is 3. The molecule has 4 heteroatoms. The van der Waals surface area contributed by atoms with E-state index in [2.05, 4.69) is 53.4 Å². The standard InChI is InChI=1S/C14H15N2Si.Ir/c1-17(2,3)13-10-16-9-8-15-14(16)12-7-5-4-6-11(12)13;/h4-6,8-10H,1-3H3;/q-1;. The van der Waals surface area contributed by atoms with Gasteiger partial charge in [-0.05, 0) is 6.20 Å². The molecular weight excluding hydrogens is 416 g/mol. The first kappa shape index (κ1) is 13.5. The largest absolute Gasteiger partial charge is 0.347 e. The SMILES string of the molecule is C[Si](C)(C)c1cn2ccnc2c2[c-]cccc12.[Ir]. The van der Waals surface area contributed by atoms with Crippen molar-refractivity contribution in [2.24, 2.45) is 0 Å². The normalized spacial score (nSPS) is 11.7.